The molecule has 3 rings (SSSR count). The highest BCUT2D eigenvalue weighted by Gasteiger charge is 2.28. The summed E-state index contributed by atoms with van der Waals surface area (Å²) in [7, 11) is 0. The Morgan fingerprint density at radius 2 is 2.17 bits per heavy atom. The number of nitrogens with one attached hydrogen (secondary N) is 1. The number of amides is 2. The first-order valence-electron chi connectivity index (χ1n) is 8.43. The van der Waals surface area contributed by atoms with Crippen molar-refractivity contribution in [1.82, 2.24) is 5.32 Å². The number of aryl methyl sites for hydroxylation is 1. The molecule has 0 spiro atoms. The molecule has 5 heteroatoms. The van der Waals surface area contributed by atoms with Gasteiger partial charge >= 0.3 is 0 Å². The molecule has 1 heterocycles. The lowest BCUT2D eigenvalue weighted by Gasteiger charge is -2.21. The van der Waals surface area contributed by atoms with E-state index in [0.29, 0.717) is 30.8 Å². The van der Waals surface area contributed by atoms with Crippen LogP contribution >= 0.6 is 0 Å². The maximum Gasteiger partial charge on any atom is 0.253 e. The van der Waals surface area contributed by atoms with Crippen LogP contribution in [0, 0.1) is 12.8 Å². The second-order valence-corrected chi connectivity index (χ2v) is 6.64. The molecule has 1 aliphatic heterocycles. The summed E-state index contributed by atoms with van der Waals surface area (Å²) in [6, 6.07) is 5.62. The number of nitrogens with zero attached hydrogens (tertiary/aromatic N) is 1. The summed E-state index contributed by atoms with van der Waals surface area (Å²) in [6.07, 6.45) is 3.85. The number of carbonyl (C=O) groups is 2. The molecule has 124 valence electrons. The number of benzene rings is 1. The minimum absolute atomic E-state index is 0.0779. The van der Waals surface area contributed by atoms with E-state index < -0.39 is 0 Å². The van der Waals surface area contributed by atoms with Gasteiger partial charge in [0.2, 0.25) is 5.91 Å². The van der Waals surface area contributed by atoms with E-state index in [1.165, 1.54) is 0 Å². The van der Waals surface area contributed by atoms with E-state index in [1.54, 1.807) is 4.90 Å². The van der Waals surface area contributed by atoms with Crippen LogP contribution in [0.15, 0.2) is 18.2 Å². The second-order valence-electron chi connectivity index (χ2n) is 6.64. The third-order valence-corrected chi connectivity index (χ3v) is 4.90. The largest absolute Gasteiger partial charge is 0.393 e. The number of anilines is 1. The van der Waals surface area contributed by atoms with Crippen molar-refractivity contribution in [3.63, 3.8) is 0 Å². The van der Waals surface area contributed by atoms with Crippen LogP contribution in [0.3, 0.4) is 0 Å². The standard InChI is InChI=1S/C18H24N2O3/c1-12-7-8-15(20-9-3-6-17(20)22)14(10-12)18(23)19-11-13-4-2-5-16(13)21/h7-8,10,13,16,21H,2-6,9,11H2,1H3,(H,19,23). The van der Waals surface area contributed by atoms with Crippen LogP contribution < -0.4 is 10.2 Å². The summed E-state index contributed by atoms with van der Waals surface area (Å²) in [4.78, 5) is 26.3. The van der Waals surface area contributed by atoms with Crippen molar-refractivity contribution in [1.29, 1.82) is 0 Å². The van der Waals surface area contributed by atoms with Crippen molar-refractivity contribution in [3.05, 3.63) is 29.3 Å². The van der Waals surface area contributed by atoms with Crippen LogP contribution in [0.2, 0.25) is 0 Å². The molecule has 2 aliphatic rings. The van der Waals surface area contributed by atoms with Gasteiger partial charge in [-0.1, -0.05) is 18.1 Å². The fraction of sp³-hybridized carbons (Fsp3) is 0.556. The molecular weight excluding hydrogens is 292 g/mol. The van der Waals surface area contributed by atoms with E-state index in [1.807, 2.05) is 25.1 Å². The first-order valence-corrected chi connectivity index (χ1v) is 8.43. The molecule has 0 aromatic heterocycles. The van der Waals surface area contributed by atoms with E-state index >= 15 is 0 Å². The van der Waals surface area contributed by atoms with Crippen LogP contribution in [0.5, 0.6) is 0 Å². The summed E-state index contributed by atoms with van der Waals surface area (Å²) in [5.41, 5.74) is 2.24. The Labute approximate surface area is 136 Å². The fourth-order valence-corrected chi connectivity index (χ4v) is 3.54. The number of rotatable bonds is 4. The molecule has 1 aromatic carbocycles. The van der Waals surface area contributed by atoms with Crippen molar-refractivity contribution in [2.24, 2.45) is 5.92 Å². The van der Waals surface area contributed by atoms with Crippen LogP contribution in [0.25, 0.3) is 0 Å². The first kappa shape index (κ1) is 16.0. The molecule has 2 amide bonds. The van der Waals surface area contributed by atoms with Crippen molar-refractivity contribution >= 4 is 17.5 Å². The molecule has 5 nitrogen and oxygen atoms in total. The SMILES string of the molecule is Cc1ccc(N2CCCC2=O)c(C(=O)NCC2CCCC2O)c1. The predicted molar refractivity (Wildman–Crippen MR) is 88.4 cm³/mol. The van der Waals surface area contributed by atoms with Gasteiger partial charge in [-0.2, -0.15) is 0 Å². The van der Waals surface area contributed by atoms with E-state index in [4.69, 9.17) is 0 Å². The van der Waals surface area contributed by atoms with Crippen LogP contribution in [0.4, 0.5) is 5.69 Å². The quantitative estimate of drug-likeness (QED) is 0.893. The van der Waals surface area contributed by atoms with E-state index in [0.717, 1.165) is 31.2 Å². The smallest absolute Gasteiger partial charge is 0.253 e. The van der Waals surface area contributed by atoms with Gasteiger partial charge in [-0.05, 0) is 38.3 Å². The number of aliphatic hydroxyl groups is 1. The lowest BCUT2D eigenvalue weighted by Crippen LogP contribution is -2.34. The van der Waals surface area contributed by atoms with Gasteiger partial charge < -0.3 is 15.3 Å². The summed E-state index contributed by atoms with van der Waals surface area (Å²) >= 11 is 0. The lowest BCUT2D eigenvalue weighted by atomic mass is 10.0. The molecule has 2 fully saturated rings. The molecule has 1 aromatic rings. The Morgan fingerprint density at radius 1 is 1.35 bits per heavy atom. The van der Waals surface area contributed by atoms with E-state index in [-0.39, 0.29) is 23.8 Å². The van der Waals surface area contributed by atoms with Crippen LogP contribution in [-0.2, 0) is 4.79 Å². The zero-order valence-corrected chi connectivity index (χ0v) is 13.5. The van der Waals surface area contributed by atoms with Gasteiger partial charge in [0.1, 0.15) is 0 Å². The first-order chi connectivity index (χ1) is 11.1. The fourth-order valence-electron chi connectivity index (χ4n) is 3.54. The van der Waals surface area contributed by atoms with Crippen molar-refractivity contribution in [2.45, 2.75) is 45.1 Å². The lowest BCUT2D eigenvalue weighted by molar-refractivity contribution is -0.117. The van der Waals surface area contributed by atoms with Gasteiger partial charge in [-0.25, -0.2) is 0 Å². The highest BCUT2D eigenvalue weighted by Crippen LogP contribution is 2.27. The van der Waals surface area contributed by atoms with Crippen molar-refractivity contribution in [2.75, 3.05) is 18.0 Å². The van der Waals surface area contributed by atoms with Crippen LogP contribution in [0.1, 0.15) is 48.0 Å². The molecule has 23 heavy (non-hydrogen) atoms. The normalized spacial score (nSPS) is 24.3. The zero-order valence-electron chi connectivity index (χ0n) is 13.5. The molecule has 2 unspecified atom stereocenters. The zero-order chi connectivity index (χ0) is 16.4. The third kappa shape index (κ3) is 3.39. The molecule has 2 N–H and O–H groups in total. The molecular formula is C18H24N2O3. The molecule has 1 aliphatic carbocycles. The Bertz CT molecular complexity index is 614. The highest BCUT2D eigenvalue weighted by molar-refractivity contribution is 6.05. The molecule has 0 bridgehead atoms. The Morgan fingerprint density at radius 3 is 2.83 bits per heavy atom. The molecule has 1 saturated carbocycles. The summed E-state index contributed by atoms with van der Waals surface area (Å²) in [5.74, 6) is 0.0530. The number of aliphatic hydroxyl groups excluding tert-OH is 1. The second kappa shape index (κ2) is 6.71. The summed E-state index contributed by atoms with van der Waals surface area (Å²) < 4.78 is 0. The minimum Gasteiger partial charge on any atom is -0.393 e. The highest BCUT2D eigenvalue weighted by atomic mass is 16.3. The maximum absolute atomic E-state index is 12.6. The predicted octanol–water partition coefficient (Wildman–Crippen LogP) is 2.01. The van der Waals surface area contributed by atoms with Gasteiger partial charge in [-0.3, -0.25) is 9.59 Å². The monoisotopic (exact) mass is 316 g/mol. The van der Waals surface area contributed by atoms with E-state index in [2.05, 4.69) is 5.32 Å². The van der Waals surface area contributed by atoms with E-state index in [9.17, 15) is 14.7 Å². The summed E-state index contributed by atoms with van der Waals surface area (Å²) in [6.45, 7) is 3.10. The number of hydrogen-bond donors (Lipinski definition) is 2. The molecule has 1 saturated heterocycles. The van der Waals surface area contributed by atoms with Gasteiger partial charge in [0.15, 0.2) is 0 Å². The molecule has 2 atom stereocenters. The average Bonchev–Trinajstić information content (AvgIpc) is 3.13. The van der Waals surface area contributed by atoms with Gasteiger partial charge in [0.25, 0.3) is 5.91 Å². The van der Waals surface area contributed by atoms with Crippen molar-refractivity contribution in [3.8, 4) is 0 Å². The Kier molecular flexibility index (Phi) is 4.66. The third-order valence-electron chi connectivity index (χ3n) is 4.90. The van der Waals surface area contributed by atoms with Gasteiger partial charge in [0.05, 0.1) is 17.4 Å². The minimum atomic E-state index is -0.313. The molecule has 0 radical (unpaired) electrons. The Hall–Kier alpha value is -1.88. The topological polar surface area (TPSA) is 69.6 Å². The van der Waals surface area contributed by atoms with Gasteiger partial charge in [-0.15, -0.1) is 0 Å². The van der Waals surface area contributed by atoms with Crippen LogP contribution in [-0.4, -0.2) is 36.1 Å². The number of hydrogen-bond acceptors (Lipinski definition) is 3. The maximum atomic E-state index is 12.6. The number of carbonyl (C=O) groups excluding carboxylic acids is 2. The Balaban J connectivity index is 1.76. The van der Waals surface area contributed by atoms with Crippen molar-refractivity contribution < 1.29 is 14.7 Å². The average molecular weight is 316 g/mol. The van der Waals surface area contributed by atoms with Gasteiger partial charge in [0, 0.05) is 25.4 Å². The summed E-state index contributed by atoms with van der Waals surface area (Å²) in [5, 5.41) is 12.8.